The van der Waals surface area contributed by atoms with Crippen molar-refractivity contribution in [3.8, 4) is 0 Å². The Morgan fingerprint density at radius 3 is 2.30 bits per heavy atom. The number of nitrogens with one attached hydrogen (secondary N) is 3. The third-order valence-electron chi connectivity index (χ3n) is 5.78. The molecule has 3 N–H and O–H groups in total. The highest BCUT2D eigenvalue weighted by molar-refractivity contribution is 7.89. The number of carbonyl (C=O) groups excluding carboxylic acids is 1. The zero-order valence-electron chi connectivity index (χ0n) is 16.1. The molecule has 150 valence electrons. The van der Waals surface area contributed by atoms with Crippen molar-refractivity contribution in [3.63, 3.8) is 0 Å². The van der Waals surface area contributed by atoms with Crippen LogP contribution in [-0.4, -0.2) is 77.0 Å². The number of piperazine rings is 1. The van der Waals surface area contributed by atoms with E-state index in [9.17, 15) is 13.2 Å². The second-order valence-corrected chi connectivity index (χ2v) is 9.53. The normalized spacial score (nSPS) is 25.2. The van der Waals surface area contributed by atoms with Crippen LogP contribution in [0.2, 0.25) is 0 Å². The van der Waals surface area contributed by atoms with Gasteiger partial charge in [0, 0.05) is 18.9 Å². The van der Waals surface area contributed by atoms with E-state index in [4.69, 9.17) is 0 Å². The zero-order chi connectivity index (χ0) is 19.3. The van der Waals surface area contributed by atoms with Gasteiger partial charge in [0.15, 0.2) is 6.54 Å². The van der Waals surface area contributed by atoms with Gasteiger partial charge in [-0.2, -0.15) is 4.31 Å². The number of sulfonamides is 1. The highest BCUT2D eigenvalue weighted by Crippen LogP contribution is 2.14. The topological polar surface area (TPSA) is 75.4 Å². The van der Waals surface area contributed by atoms with Crippen LogP contribution in [0.5, 0.6) is 0 Å². The first kappa shape index (κ1) is 20.3. The van der Waals surface area contributed by atoms with E-state index in [1.165, 1.54) is 4.31 Å². The Balaban J connectivity index is 1.44. The van der Waals surface area contributed by atoms with Crippen LogP contribution in [0.4, 0.5) is 0 Å². The van der Waals surface area contributed by atoms with Gasteiger partial charge in [0.1, 0.15) is 0 Å². The number of piperidine rings is 1. The number of carbonyl (C=O) groups is 1. The summed E-state index contributed by atoms with van der Waals surface area (Å²) in [5.41, 5.74) is 0. The highest BCUT2D eigenvalue weighted by Gasteiger charge is 2.31. The summed E-state index contributed by atoms with van der Waals surface area (Å²) in [4.78, 5) is 15.5. The summed E-state index contributed by atoms with van der Waals surface area (Å²) < 4.78 is 26.9. The summed E-state index contributed by atoms with van der Waals surface area (Å²) in [6, 6.07) is 8.86. The van der Waals surface area contributed by atoms with Crippen molar-refractivity contribution in [2.24, 2.45) is 0 Å². The second-order valence-electron chi connectivity index (χ2n) is 7.59. The molecule has 0 spiro atoms. The molecule has 1 amide bonds. The molecule has 2 saturated heterocycles. The molecule has 27 heavy (non-hydrogen) atoms. The smallest absolute Gasteiger partial charge is 0.275 e. The van der Waals surface area contributed by atoms with E-state index in [2.05, 4.69) is 12.2 Å². The van der Waals surface area contributed by atoms with Gasteiger partial charge in [0.05, 0.1) is 50.7 Å². The second kappa shape index (κ2) is 9.14. The first-order valence-corrected chi connectivity index (χ1v) is 11.4. The molecule has 0 radical (unpaired) electrons. The maximum Gasteiger partial charge on any atom is 0.275 e. The predicted molar refractivity (Wildman–Crippen MR) is 103 cm³/mol. The van der Waals surface area contributed by atoms with Gasteiger partial charge in [-0.3, -0.25) is 4.79 Å². The van der Waals surface area contributed by atoms with Crippen LogP contribution in [0.3, 0.4) is 0 Å². The van der Waals surface area contributed by atoms with Crippen LogP contribution in [0.15, 0.2) is 35.2 Å². The molecule has 0 saturated carbocycles. The number of benzene rings is 1. The van der Waals surface area contributed by atoms with Crippen LogP contribution in [0, 0.1) is 0 Å². The Hall–Kier alpha value is -1.48. The van der Waals surface area contributed by atoms with E-state index in [1.54, 1.807) is 29.2 Å². The molecule has 7 nitrogen and oxygen atoms in total. The van der Waals surface area contributed by atoms with E-state index in [1.807, 2.05) is 6.07 Å². The third-order valence-corrected chi connectivity index (χ3v) is 7.69. The Labute approximate surface area is 162 Å². The summed E-state index contributed by atoms with van der Waals surface area (Å²) in [5.74, 6) is 0.0920. The number of hydrogen-bond donors (Lipinski definition) is 3. The van der Waals surface area contributed by atoms with E-state index in [-0.39, 0.29) is 5.91 Å². The Bertz CT molecular complexity index is 710. The van der Waals surface area contributed by atoms with E-state index >= 15 is 0 Å². The Morgan fingerprint density at radius 2 is 1.70 bits per heavy atom. The molecule has 1 aromatic rings. The molecule has 0 aromatic heterocycles. The Morgan fingerprint density at radius 1 is 1.07 bits per heavy atom. The number of hydrogen-bond acceptors (Lipinski definition) is 3. The van der Waals surface area contributed by atoms with Gasteiger partial charge >= 0.3 is 0 Å². The molecular weight excluding hydrogens is 364 g/mol. The zero-order valence-corrected chi connectivity index (χ0v) is 16.9. The van der Waals surface area contributed by atoms with Crippen molar-refractivity contribution in [3.05, 3.63) is 30.3 Å². The van der Waals surface area contributed by atoms with Gasteiger partial charge in [0.25, 0.3) is 5.91 Å². The lowest BCUT2D eigenvalue weighted by Gasteiger charge is -2.32. The van der Waals surface area contributed by atoms with Gasteiger partial charge in [-0.25, -0.2) is 8.42 Å². The highest BCUT2D eigenvalue weighted by atomic mass is 32.2. The maximum absolute atomic E-state index is 12.7. The molecule has 2 heterocycles. The lowest BCUT2D eigenvalue weighted by atomic mass is 10.1. The van der Waals surface area contributed by atoms with E-state index in [0.717, 1.165) is 37.4 Å². The van der Waals surface area contributed by atoms with Crippen molar-refractivity contribution in [2.75, 3.05) is 52.4 Å². The third kappa shape index (κ3) is 5.28. The summed E-state index contributed by atoms with van der Waals surface area (Å²) in [7, 11) is -3.43. The first-order valence-electron chi connectivity index (χ1n) is 10.0. The molecular formula is C19H32N4O3S+2. The molecule has 3 rings (SSSR count). The molecule has 0 aliphatic carbocycles. The predicted octanol–water partition coefficient (Wildman–Crippen LogP) is -2.24. The van der Waals surface area contributed by atoms with Crippen LogP contribution < -0.4 is 15.1 Å². The molecule has 2 aliphatic heterocycles. The van der Waals surface area contributed by atoms with Crippen molar-refractivity contribution in [1.29, 1.82) is 0 Å². The fourth-order valence-corrected chi connectivity index (χ4v) is 5.45. The minimum atomic E-state index is -3.43. The first-order chi connectivity index (χ1) is 13.0. The molecule has 2 aliphatic rings. The minimum absolute atomic E-state index is 0.0920. The summed E-state index contributed by atoms with van der Waals surface area (Å²) >= 11 is 0. The number of likely N-dealkylation sites (tertiary alicyclic amines) is 1. The minimum Gasteiger partial charge on any atom is -0.348 e. The fraction of sp³-hybridized carbons (Fsp3) is 0.632. The van der Waals surface area contributed by atoms with E-state index < -0.39 is 10.0 Å². The van der Waals surface area contributed by atoms with Gasteiger partial charge in [0.2, 0.25) is 10.0 Å². The lowest BCUT2D eigenvalue weighted by Crippen LogP contribution is -3.16. The van der Waals surface area contributed by atoms with Crippen LogP contribution in [0.25, 0.3) is 0 Å². The molecule has 0 unspecified atom stereocenters. The van der Waals surface area contributed by atoms with Crippen molar-refractivity contribution in [1.82, 2.24) is 9.62 Å². The molecule has 0 atom stereocenters. The standard InChI is InChI=1S/C19H30N4O3S/c1-2-21-10-8-17(9-11-21)20-19(24)16-22-12-14-23(15-13-22)27(25,26)18-6-4-3-5-7-18/h3-7,17H,2,8-16H2,1H3,(H,20,24)/p+2. The van der Waals surface area contributed by atoms with Crippen LogP contribution >= 0.6 is 0 Å². The van der Waals surface area contributed by atoms with E-state index in [0.29, 0.717) is 43.7 Å². The van der Waals surface area contributed by atoms with Gasteiger partial charge in [-0.1, -0.05) is 18.2 Å². The summed E-state index contributed by atoms with van der Waals surface area (Å²) in [6.45, 7) is 8.29. The number of rotatable bonds is 6. The molecule has 1 aromatic carbocycles. The van der Waals surface area contributed by atoms with Crippen molar-refractivity contribution in [2.45, 2.75) is 30.7 Å². The quantitative estimate of drug-likeness (QED) is 0.509. The van der Waals surface area contributed by atoms with Crippen LogP contribution in [0.1, 0.15) is 19.8 Å². The SMILES string of the molecule is CC[NH+]1CCC(NC(=O)C[NH+]2CCN(S(=O)(=O)c3ccccc3)CC2)CC1. The molecule has 0 bridgehead atoms. The van der Waals surface area contributed by atoms with Crippen molar-refractivity contribution >= 4 is 15.9 Å². The maximum atomic E-state index is 12.7. The van der Waals surface area contributed by atoms with Crippen molar-refractivity contribution < 1.29 is 23.0 Å². The average molecular weight is 397 g/mol. The number of quaternary nitrogens is 2. The molecule has 8 heteroatoms. The largest absolute Gasteiger partial charge is 0.348 e. The van der Waals surface area contributed by atoms with Gasteiger partial charge in [-0.05, 0) is 19.1 Å². The summed E-state index contributed by atoms with van der Waals surface area (Å²) in [5, 5.41) is 3.17. The Kier molecular flexibility index (Phi) is 6.86. The van der Waals surface area contributed by atoms with Crippen LogP contribution in [-0.2, 0) is 14.8 Å². The monoisotopic (exact) mass is 396 g/mol. The number of nitrogens with zero attached hydrogens (tertiary/aromatic N) is 1. The number of amides is 1. The average Bonchev–Trinajstić information content (AvgIpc) is 2.69. The van der Waals surface area contributed by atoms with Gasteiger partial charge < -0.3 is 15.1 Å². The lowest BCUT2D eigenvalue weighted by molar-refractivity contribution is -0.903. The van der Waals surface area contributed by atoms with Gasteiger partial charge in [-0.15, -0.1) is 0 Å². The molecule has 2 fully saturated rings. The summed E-state index contributed by atoms with van der Waals surface area (Å²) in [6.07, 6.45) is 2.10. The fourth-order valence-electron chi connectivity index (χ4n) is 3.99.